The van der Waals surface area contributed by atoms with E-state index in [4.69, 9.17) is 9.97 Å². The van der Waals surface area contributed by atoms with E-state index in [9.17, 15) is 0 Å². The number of aryl methyl sites for hydroxylation is 3. The quantitative estimate of drug-likeness (QED) is 0.549. The zero-order chi connectivity index (χ0) is 20.8. The maximum Gasteiger partial charge on any atom is 0.225 e. The number of anilines is 3. The Kier molecular flexibility index (Phi) is 6.77. The van der Waals surface area contributed by atoms with E-state index in [-0.39, 0.29) is 0 Å². The monoisotopic (exact) mass is 390 g/mol. The normalized spacial score (nSPS) is 11.0. The number of aromatic nitrogens is 3. The lowest BCUT2D eigenvalue weighted by Gasteiger charge is -2.16. The summed E-state index contributed by atoms with van der Waals surface area (Å²) >= 11 is 0. The van der Waals surface area contributed by atoms with Crippen LogP contribution in [0.3, 0.4) is 0 Å². The Hall–Kier alpha value is -2.99. The van der Waals surface area contributed by atoms with Gasteiger partial charge in [0.2, 0.25) is 5.95 Å². The molecule has 1 aromatic carbocycles. The molecule has 0 saturated heterocycles. The molecule has 152 valence electrons. The molecule has 6 nitrogen and oxygen atoms in total. The molecular formula is C23H30N6. The van der Waals surface area contributed by atoms with Crippen LogP contribution in [-0.4, -0.2) is 47.0 Å². The van der Waals surface area contributed by atoms with Crippen molar-refractivity contribution in [1.29, 1.82) is 0 Å². The smallest absolute Gasteiger partial charge is 0.225 e. The summed E-state index contributed by atoms with van der Waals surface area (Å²) in [6, 6.07) is 10.3. The van der Waals surface area contributed by atoms with Crippen LogP contribution in [0.5, 0.6) is 0 Å². The lowest BCUT2D eigenvalue weighted by molar-refractivity contribution is 0.405. The van der Waals surface area contributed by atoms with Crippen molar-refractivity contribution in [3.63, 3.8) is 0 Å². The first-order valence-electron chi connectivity index (χ1n) is 9.95. The molecule has 2 heterocycles. The summed E-state index contributed by atoms with van der Waals surface area (Å²) in [6.45, 7) is 8.19. The molecule has 6 heteroatoms. The second-order valence-electron chi connectivity index (χ2n) is 7.68. The van der Waals surface area contributed by atoms with Crippen LogP contribution in [-0.2, 0) is 0 Å². The molecule has 0 aliphatic carbocycles. The molecule has 2 aromatic heterocycles. The first-order valence-corrected chi connectivity index (χ1v) is 9.95. The van der Waals surface area contributed by atoms with Gasteiger partial charge in [0.25, 0.3) is 0 Å². The van der Waals surface area contributed by atoms with Crippen molar-refractivity contribution in [2.24, 2.45) is 0 Å². The van der Waals surface area contributed by atoms with Crippen LogP contribution in [0.1, 0.15) is 23.1 Å². The van der Waals surface area contributed by atoms with E-state index in [0.29, 0.717) is 5.95 Å². The molecule has 0 aliphatic rings. The van der Waals surface area contributed by atoms with Crippen LogP contribution in [0.15, 0.2) is 42.7 Å². The highest BCUT2D eigenvalue weighted by atomic mass is 15.1. The Morgan fingerprint density at radius 2 is 1.62 bits per heavy atom. The van der Waals surface area contributed by atoms with Crippen molar-refractivity contribution >= 4 is 17.5 Å². The summed E-state index contributed by atoms with van der Waals surface area (Å²) in [5.74, 6) is 1.40. The van der Waals surface area contributed by atoms with Gasteiger partial charge >= 0.3 is 0 Å². The third-order valence-electron chi connectivity index (χ3n) is 4.70. The molecule has 3 rings (SSSR count). The number of nitrogens with one attached hydrogen (secondary N) is 2. The van der Waals surface area contributed by atoms with Crippen molar-refractivity contribution in [2.45, 2.75) is 27.2 Å². The minimum Gasteiger partial charge on any atom is -0.354 e. The van der Waals surface area contributed by atoms with Crippen LogP contribution in [0.4, 0.5) is 17.5 Å². The molecule has 0 atom stereocenters. The zero-order valence-corrected chi connectivity index (χ0v) is 18.0. The predicted molar refractivity (Wildman–Crippen MR) is 121 cm³/mol. The van der Waals surface area contributed by atoms with Gasteiger partial charge in [0.1, 0.15) is 5.82 Å². The Labute approximate surface area is 173 Å². The van der Waals surface area contributed by atoms with Gasteiger partial charge in [0.15, 0.2) is 0 Å². The van der Waals surface area contributed by atoms with Crippen LogP contribution in [0.2, 0.25) is 0 Å². The van der Waals surface area contributed by atoms with E-state index in [1.807, 2.05) is 18.2 Å². The summed E-state index contributed by atoms with van der Waals surface area (Å²) in [7, 11) is 4.16. The van der Waals surface area contributed by atoms with E-state index in [1.54, 1.807) is 12.4 Å². The lowest BCUT2D eigenvalue weighted by atomic mass is 10.1. The zero-order valence-electron chi connectivity index (χ0n) is 18.0. The van der Waals surface area contributed by atoms with Gasteiger partial charge in [-0.25, -0.2) is 4.98 Å². The third-order valence-corrected chi connectivity index (χ3v) is 4.70. The Balaban J connectivity index is 1.90. The van der Waals surface area contributed by atoms with Gasteiger partial charge < -0.3 is 15.5 Å². The molecular weight excluding hydrogens is 360 g/mol. The summed E-state index contributed by atoms with van der Waals surface area (Å²) in [6.07, 6.45) is 4.58. The maximum absolute atomic E-state index is 4.72. The van der Waals surface area contributed by atoms with Gasteiger partial charge in [-0.1, -0.05) is 17.7 Å². The standard InChI is InChI=1S/C23H30N6/c1-16-13-17(2)22(18(3)14-16)27-21-15-20(19-7-10-24-11-8-19)26-23(28-21)25-9-6-12-29(4)5/h7-8,10-11,13-15H,6,9,12H2,1-5H3,(H2,25,26,27,28). The molecule has 0 bridgehead atoms. The molecule has 0 spiro atoms. The van der Waals surface area contributed by atoms with Crippen molar-refractivity contribution in [1.82, 2.24) is 19.9 Å². The number of hydrogen-bond donors (Lipinski definition) is 2. The number of benzene rings is 1. The first-order chi connectivity index (χ1) is 13.9. The molecule has 2 N–H and O–H groups in total. The van der Waals surface area contributed by atoms with Crippen molar-refractivity contribution in [2.75, 3.05) is 37.8 Å². The van der Waals surface area contributed by atoms with Crippen LogP contribution in [0, 0.1) is 20.8 Å². The average molecular weight is 391 g/mol. The second-order valence-corrected chi connectivity index (χ2v) is 7.68. The predicted octanol–water partition coefficient (Wildman–Crippen LogP) is 4.57. The third kappa shape index (κ3) is 5.74. The van der Waals surface area contributed by atoms with Crippen LogP contribution in [0.25, 0.3) is 11.3 Å². The summed E-state index contributed by atoms with van der Waals surface area (Å²) in [5, 5.41) is 6.88. The Morgan fingerprint density at radius 1 is 0.931 bits per heavy atom. The highest BCUT2D eigenvalue weighted by molar-refractivity contribution is 5.70. The molecule has 3 aromatic rings. The molecule has 0 aliphatic heterocycles. The van der Waals surface area contributed by atoms with Gasteiger partial charge in [-0.15, -0.1) is 0 Å². The summed E-state index contributed by atoms with van der Waals surface area (Å²) in [4.78, 5) is 15.7. The van der Waals surface area contributed by atoms with Gasteiger partial charge in [-0.2, -0.15) is 4.98 Å². The largest absolute Gasteiger partial charge is 0.354 e. The first kappa shape index (κ1) is 20.7. The summed E-state index contributed by atoms with van der Waals surface area (Å²) < 4.78 is 0. The number of rotatable bonds is 8. The topological polar surface area (TPSA) is 66.0 Å². The summed E-state index contributed by atoms with van der Waals surface area (Å²) in [5.41, 5.74) is 6.63. The van der Waals surface area contributed by atoms with E-state index in [1.165, 1.54) is 16.7 Å². The maximum atomic E-state index is 4.72. The fraction of sp³-hybridized carbons (Fsp3) is 0.348. The molecule has 0 unspecified atom stereocenters. The van der Waals surface area contributed by atoms with Gasteiger partial charge in [-0.3, -0.25) is 4.98 Å². The van der Waals surface area contributed by atoms with E-state index < -0.39 is 0 Å². The highest BCUT2D eigenvalue weighted by Crippen LogP contribution is 2.28. The fourth-order valence-corrected chi connectivity index (χ4v) is 3.36. The molecule has 0 saturated carbocycles. The highest BCUT2D eigenvalue weighted by Gasteiger charge is 2.10. The van der Waals surface area contributed by atoms with Crippen molar-refractivity contribution in [3.05, 3.63) is 59.4 Å². The van der Waals surface area contributed by atoms with E-state index in [2.05, 4.69) is 67.5 Å². The van der Waals surface area contributed by atoms with Gasteiger partial charge in [0, 0.05) is 36.3 Å². The average Bonchev–Trinajstić information content (AvgIpc) is 2.68. The van der Waals surface area contributed by atoms with Crippen LogP contribution >= 0.6 is 0 Å². The molecule has 29 heavy (non-hydrogen) atoms. The van der Waals surface area contributed by atoms with Crippen molar-refractivity contribution in [3.8, 4) is 11.3 Å². The van der Waals surface area contributed by atoms with Crippen LogP contribution < -0.4 is 10.6 Å². The van der Waals surface area contributed by atoms with Gasteiger partial charge in [0.05, 0.1) is 5.69 Å². The molecule has 0 fully saturated rings. The number of pyridine rings is 1. The molecule has 0 radical (unpaired) electrons. The van der Waals surface area contributed by atoms with Gasteiger partial charge in [-0.05, 0) is 71.1 Å². The number of nitrogens with zero attached hydrogens (tertiary/aromatic N) is 4. The van der Waals surface area contributed by atoms with Crippen molar-refractivity contribution < 1.29 is 0 Å². The Morgan fingerprint density at radius 3 is 2.28 bits per heavy atom. The number of hydrogen-bond acceptors (Lipinski definition) is 6. The van der Waals surface area contributed by atoms with E-state index >= 15 is 0 Å². The SMILES string of the molecule is Cc1cc(C)c(Nc2cc(-c3ccncc3)nc(NCCCN(C)C)n2)c(C)c1. The molecule has 0 amide bonds. The van der Waals surface area contributed by atoms with E-state index in [0.717, 1.165) is 42.3 Å². The second kappa shape index (κ2) is 9.47. The fourth-order valence-electron chi connectivity index (χ4n) is 3.36. The minimum atomic E-state index is 0.628. The lowest BCUT2D eigenvalue weighted by Crippen LogP contribution is -2.17. The minimum absolute atomic E-state index is 0.628. The Bertz CT molecular complexity index is 930.